The minimum atomic E-state index is -4.73. The van der Waals surface area contributed by atoms with Gasteiger partial charge in [-0.25, -0.2) is 18.8 Å². The predicted octanol–water partition coefficient (Wildman–Crippen LogP) is 2.46. The first-order valence-corrected chi connectivity index (χ1v) is 9.29. The molecule has 0 spiro atoms. The van der Waals surface area contributed by atoms with Crippen LogP contribution >= 0.6 is 0 Å². The van der Waals surface area contributed by atoms with Gasteiger partial charge in [-0.05, 0) is 18.2 Å². The van der Waals surface area contributed by atoms with Crippen LogP contribution in [0.5, 0.6) is 0 Å². The normalized spacial score (nSPS) is 25.0. The van der Waals surface area contributed by atoms with Gasteiger partial charge in [0.15, 0.2) is 6.10 Å². The zero-order valence-corrected chi connectivity index (χ0v) is 16.2. The van der Waals surface area contributed by atoms with E-state index in [0.717, 1.165) is 24.5 Å². The molecule has 1 aromatic heterocycles. The molecule has 1 saturated heterocycles. The highest BCUT2D eigenvalue weighted by Gasteiger charge is 2.62. The van der Waals surface area contributed by atoms with Crippen LogP contribution in [0.4, 0.5) is 27.6 Å². The summed E-state index contributed by atoms with van der Waals surface area (Å²) in [6.45, 7) is -1.92. The lowest BCUT2D eigenvalue weighted by Crippen LogP contribution is -2.48. The number of halogens is 5. The Hall–Kier alpha value is -3.35. The zero-order chi connectivity index (χ0) is 23.1. The molecule has 2 aromatic rings. The Labute approximate surface area is 177 Å². The molecule has 1 aromatic carbocycles. The maximum Gasteiger partial charge on any atom is 0.415 e. The molecule has 0 bridgehead atoms. The highest BCUT2D eigenvalue weighted by atomic mass is 19.4. The maximum absolute atomic E-state index is 14.8. The van der Waals surface area contributed by atoms with Crippen molar-refractivity contribution in [3.8, 4) is 0 Å². The average Bonchev–Trinajstić information content (AvgIpc) is 3.15. The van der Waals surface area contributed by atoms with E-state index < -0.39 is 61.4 Å². The molecule has 2 aliphatic heterocycles. The van der Waals surface area contributed by atoms with Crippen molar-refractivity contribution in [2.75, 3.05) is 18.5 Å². The van der Waals surface area contributed by atoms with Crippen LogP contribution in [0.1, 0.15) is 21.7 Å². The zero-order valence-electron chi connectivity index (χ0n) is 16.2. The van der Waals surface area contributed by atoms with Crippen LogP contribution in [-0.2, 0) is 21.7 Å². The number of carbonyl (C=O) groups is 1. The summed E-state index contributed by atoms with van der Waals surface area (Å²) in [7, 11) is 0. The van der Waals surface area contributed by atoms with Crippen LogP contribution in [-0.4, -0.2) is 47.4 Å². The van der Waals surface area contributed by atoms with E-state index in [0.29, 0.717) is 0 Å². The van der Waals surface area contributed by atoms with Crippen molar-refractivity contribution >= 4 is 17.6 Å². The molecule has 0 radical (unpaired) electrons. The van der Waals surface area contributed by atoms with Crippen molar-refractivity contribution in [1.29, 1.82) is 0 Å². The first-order chi connectivity index (χ1) is 15.1. The largest absolute Gasteiger partial charge is 0.465 e. The molecule has 1 unspecified atom stereocenters. The van der Waals surface area contributed by atoms with Crippen molar-refractivity contribution in [3.63, 3.8) is 0 Å². The molecule has 8 nitrogen and oxygen atoms in total. The van der Waals surface area contributed by atoms with Crippen molar-refractivity contribution in [3.05, 3.63) is 53.4 Å². The molecule has 3 atom stereocenters. The molecular formula is C19H16F5N5O3. The number of aliphatic imine (C=N–C) groups is 1. The lowest BCUT2D eigenvalue weighted by Gasteiger charge is -2.36. The predicted molar refractivity (Wildman–Crippen MR) is 99.7 cm³/mol. The molecule has 32 heavy (non-hydrogen) atoms. The van der Waals surface area contributed by atoms with Crippen molar-refractivity contribution in [2.45, 2.75) is 24.5 Å². The number of nitrogens with one attached hydrogen (secondary N) is 1. The number of rotatable bonds is 4. The Morgan fingerprint density at radius 3 is 2.72 bits per heavy atom. The van der Waals surface area contributed by atoms with E-state index in [4.69, 9.17) is 15.2 Å². The number of nitrogens with zero attached hydrogens (tertiary/aromatic N) is 3. The molecule has 3 heterocycles. The first-order valence-electron chi connectivity index (χ1n) is 9.29. The van der Waals surface area contributed by atoms with Gasteiger partial charge in [-0.3, -0.25) is 9.78 Å². The van der Waals surface area contributed by atoms with Crippen LogP contribution in [0.3, 0.4) is 0 Å². The van der Waals surface area contributed by atoms with Gasteiger partial charge in [-0.2, -0.15) is 13.2 Å². The Balaban J connectivity index is 1.68. The van der Waals surface area contributed by atoms with Crippen molar-refractivity contribution in [2.24, 2.45) is 16.6 Å². The molecule has 4 rings (SSSR count). The van der Waals surface area contributed by atoms with E-state index in [1.165, 1.54) is 6.07 Å². The average molecular weight is 457 g/mol. The summed E-state index contributed by atoms with van der Waals surface area (Å²) in [5.41, 5.74) is 3.51. The Morgan fingerprint density at radius 1 is 1.28 bits per heavy atom. The van der Waals surface area contributed by atoms with Crippen molar-refractivity contribution in [1.82, 2.24) is 9.97 Å². The fourth-order valence-corrected chi connectivity index (χ4v) is 3.77. The van der Waals surface area contributed by atoms with Gasteiger partial charge in [-0.15, -0.1) is 0 Å². The second-order valence-electron chi connectivity index (χ2n) is 7.24. The molecule has 3 N–H and O–H groups in total. The number of aromatic nitrogens is 2. The smallest absolute Gasteiger partial charge is 0.415 e. The number of ether oxygens (including phenoxy) is 2. The monoisotopic (exact) mass is 457 g/mol. The third-order valence-electron chi connectivity index (χ3n) is 5.27. The standard InChI is InChI=1S/C19H16F5N5O3/c20-4-10-5-27-14(6-26-10)16(30)28-9-1-2-13(21)11(3-9)18-8-32-15(19(22,23)24)12(18)7-31-17(25)29-18/h1-3,5-6,12,15H,4,7-8H2,(H2,25,29)(H,28,30)/t12-,15+,18?/m1/s1. The van der Waals surface area contributed by atoms with Gasteiger partial charge in [0.1, 0.15) is 23.7 Å². The second-order valence-corrected chi connectivity index (χ2v) is 7.24. The summed E-state index contributed by atoms with van der Waals surface area (Å²) in [5, 5.41) is 2.46. The number of carbonyl (C=O) groups excluding carboxylic acids is 1. The molecule has 0 aliphatic carbocycles. The van der Waals surface area contributed by atoms with Gasteiger partial charge in [-0.1, -0.05) is 0 Å². The van der Waals surface area contributed by atoms with E-state index in [9.17, 15) is 26.7 Å². The topological polar surface area (TPSA) is 112 Å². The van der Waals surface area contributed by atoms with Gasteiger partial charge < -0.3 is 20.5 Å². The number of fused-ring (bicyclic) bond motifs is 1. The number of benzene rings is 1. The van der Waals surface area contributed by atoms with Crippen LogP contribution < -0.4 is 11.1 Å². The van der Waals surface area contributed by atoms with Gasteiger partial charge in [0.05, 0.1) is 37.2 Å². The number of nitrogens with two attached hydrogens (primary N) is 1. The Bertz CT molecular complexity index is 1060. The molecule has 170 valence electrons. The van der Waals surface area contributed by atoms with Gasteiger partial charge in [0.25, 0.3) is 11.9 Å². The molecule has 0 saturated carbocycles. The SMILES string of the molecule is NC1=NC2(c3cc(NC(=O)c4cnc(CF)cn4)ccc3F)CO[C@H](C(F)(F)F)[C@H]2CO1. The number of amides is 1. The minimum Gasteiger partial charge on any atom is -0.465 e. The van der Waals surface area contributed by atoms with E-state index >= 15 is 0 Å². The van der Waals surface area contributed by atoms with Crippen LogP contribution in [0.25, 0.3) is 0 Å². The number of amidine groups is 1. The number of hydrogen-bond donors (Lipinski definition) is 2. The molecule has 2 aliphatic rings. The van der Waals surface area contributed by atoms with Crippen LogP contribution in [0, 0.1) is 11.7 Å². The van der Waals surface area contributed by atoms with Gasteiger partial charge >= 0.3 is 6.18 Å². The summed E-state index contributed by atoms with van der Waals surface area (Å²) < 4.78 is 77.7. The summed E-state index contributed by atoms with van der Waals surface area (Å²) in [6, 6.07) is 2.96. The third kappa shape index (κ3) is 3.83. The molecule has 13 heteroatoms. The van der Waals surface area contributed by atoms with E-state index in [1.807, 2.05) is 0 Å². The van der Waals surface area contributed by atoms with E-state index in [1.54, 1.807) is 0 Å². The molecule has 1 amide bonds. The van der Waals surface area contributed by atoms with Gasteiger partial charge in [0.2, 0.25) is 0 Å². The minimum absolute atomic E-state index is 0.0335. The fraction of sp³-hybridized carbons (Fsp3) is 0.368. The highest BCUT2D eigenvalue weighted by Crippen LogP contribution is 2.50. The summed E-state index contributed by atoms with van der Waals surface area (Å²) in [6.07, 6.45) is -4.82. The third-order valence-corrected chi connectivity index (χ3v) is 5.27. The van der Waals surface area contributed by atoms with Gasteiger partial charge in [0, 0.05) is 11.3 Å². The number of alkyl halides is 4. The fourth-order valence-electron chi connectivity index (χ4n) is 3.77. The molecule has 1 fully saturated rings. The number of hydrogen-bond acceptors (Lipinski definition) is 7. The van der Waals surface area contributed by atoms with Crippen LogP contribution in [0.2, 0.25) is 0 Å². The van der Waals surface area contributed by atoms with E-state index in [2.05, 4.69) is 20.3 Å². The first kappa shape index (κ1) is 21.9. The van der Waals surface area contributed by atoms with E-state index in [-0.39, 0.29) is 22.6 Å². The maximum atomic E-state index is 14.8. The van der Waals surface area contributed by atoms with Crippen molar-refractivity contribution < 1.29 is 36.2 Å². The lowest BCUT2D eigenvalue weighted by atomic mass is 9.77. The summed E-state index contributed by atoms with van der Waals surface area (Å²) in [5.74, 6) is -2.99. The quantitative estimate of drug-likeness (QED) is 0.683. The second kappa shape index (κ2) is 7.97. The summed E-state index contributed by atoms with van der Waals surface area (Å²) in [4.78, 5) is 23.9. The Morgan fingerprint density at radius 2 is 2.06 bits per heavy atom. The van der Waals surface area contributed by atoms with Crippen LogP contribution in [0.15, 0.2) is 35.6 Å². The number of anilines is 1. The Kier molecular flexibility index (Phi) is 5.44. The summed E-state index contributed by atoms with van der Waals surface area (Å²) >= 11 is 0. The lowest BCUT2D eigenvalue weighted by molar-refractivity contribution is -0.219. The molecular weight excluding hydrogens is 441 g/mol. The highest BCUT2D eigenvalue weighted by molar-refractivity contribution is 6.02.